The first-order valence-electron chi connectivity index (χ1n) is 12.9. The average Bonchev–Trinajstić information content (AvgIpc) is 3.33. The van der Waals surface area contributed by atoms with Crippen LogP contribution in [-0.4, -0.2) is 87.5 Å². The molecule has 4 rings (SSSR count). The van der Waals surface area contributed by atoms with Gasteiger partial charge in [0, 0.05) is 70.7 Å². The molecule has 3 aromatic rings. The van der Waals surface area contributed by atoms with E-state index in [1.807, 2.05) is 51.2 Å². The fourth-order valence-electron chi connectivity index (χ4n) is 4.53. The summed E-state index contributed by atoms with van der Waals surface area (Å²) < 4.78 is 1.70. The Bertz CT molecular complexity index is 1250. The topological polar surface area (TPSA) is 119 Å². The van der Waals surface area contributed by atoms with Crippen molar-refractivity contribution in [3.05, 3.63) is 65.5 Å². The van der Waals surface area contributed by atoms with Crippen LogP contribution in [0.1, 0.15) is 28.4 Å². The minimum Gasteiger partial charge on any atom is -0.395 e. The zero-order valence-electron chi connectivity index (χ0n) is 22.2. The van der Waals surface area contributed by atoms with Crippen LogP contribution < -0.4 is 15.5 Å². The number of nitrogens with one attached hydrogen (secondary N) is 2. The van der Waals surface area contributed by atoms with Crippen molar-refractivity contribution in [3.63, 3.8) is 0 Å². The monoisotopic (exact) mass is 520 g/mol. The summed E-state index contributed by atoms with van der Waals surface area (Å²) in [6.07, 6.45) is 3.38. The molecule has 1 fully saturated rings. The van der Waals surface area contributed by atoms with Crippen molar-refractivity contribution >= 4 is 29.3 Å². The predicted molar refractivity (Wildman–Crippen MR) is 147 cm³/mol. The third-order valence-corrected chi connectivity index (χ3v) is 6.80. The molecule has 0 aliphatic carbocycles. The Morgan fingerprint density at radius 1 is 1.11 bits per heavy atom. The van der Waals surface area contributed by atoms with E-state index in [4.69, 9.17) is 5.11 Å². The number of aryl methyl sites for hydroxylation is 2. The first kappa shape index (κ1) is 27.1. The largest absolute Gasteiger partial charge is 0.395 e. The van der Waals surface area contributed by atoms with E-state index in [1.54, 1.807) is 32.9 Å². The van der Waals surface area contributed by atoms with Gasteiger partial charge in [-0.05, 0) is 49.2 Å². The average molecular weight is 521 g/mol. The van der Waals surface area contributed by atoms with Gasteiger partial charge in [-0.2, -0.15) is 5.10 Å². The highest BCUT2D eigenvalue weighted by atomic mass is 16.3. The van der Waals surface area contributed by atoms with Crippen LogP contribution in [0, 0.1) is 6.92 Å². The Morgan fingerprint density at radius 3 is 2.55 bits per heavy atom. The van der Waals surface area contributed by atoms with Gasteiger partial charge in [0.25, 0.3) is 5.91 Å². The van der Waals surface area contributed by atoms with Gasteiger partial charge in [-0.15, -0.1) is 0 Å². The maximum absolute atomic E-state index is 13.6. The lowest BCUT2D eigenvalue weighted by Gasteiger charge is -2.34. The molecule has 1 aromatic carbocycles. The molecule has 11 nitrogen and oxygen atoms in total. The Labute approximate surface area is 223 Å². The van der Waals surface area contributed by atoms with E-state index in [9.17, 15) is 9.59 Å². The van der Waals surface area contributed by atoms with E-state index in [2.05, 4.69) is 25.6 Å². The number of nitrogens with zero attached hydrogens (tertiary/aromatic N) is 6. The number of pyridine rings is 1. The lowest BCUT2D eigenvalue weighted by molar-refractivity contribution is 0.0988. The number of aliphatic hydroxyl groups excluding tert-OH is 1. The quantitative estimate of drug-likeness (QED) is 0.396. The standard InChI is InChI=1S/C27H36N8O3/c1-4-35(23-6-5-10-28-25(23)31-24-9-11-30-32(24)3)26(37)21-7-8-22(20(2)18-21)19-29-27(38)34-14-12-33(13-15-34)16-17-36/h5-11,18,36H,4,12-17,19H2,1-3H3,(H,28,31)(H,29,38). The van der Waals surface area contributed by atoms with E-state index in [0.29, 0.717) is 49.8 Å². The van der Waals surface area contributed by atoms with Gasteiger partial charge in [0.2, 0.25) is 0 Å². The first-order chi connectivity index (χ1) is 18.4. The number of amides is 3. The van der Waals surface area contributed by atoms with E-state index >= 15 is 0 Å². The first-order valence-corrected chi connectivity index (χ1v) is 12.9. The van der Waals surface area contributed by atoms with Crippen molar-refractivity contribution in [2.45, 2.75) is 20.4 Å². The zero-order chi connectivity index (χ0) is 27.1. The maximum atomic E-state index is 13.6. The van der Waals surface area contributed by atoms with Crippen molar-refractivity contribution in [2.24, 2.45) is 7.05 Å². The van der Waals surface area contributed by atoms with Gasteiger partial charge in [0.1, 0.15) is 5.82 Å². The number of β-amino-alcohol motifs (C(OH)–C–C–N with tert-alkyl or cyclic N) is 1. The second-order valence-electron chi connectivity index (χ2n) is 9.24. The number of hydrogen-bond donors (Lipinski definition) is 3. The lowest BCUT2D eigenvalue weighted by Crippen LogP contribution is -2.52. The molecule has 0 radical (unpaired) electrons. The van der Waals surface area contributed by atoms with Crippen LogP contribution in [0.3, 0.4) is 0 Å². The maximum Gasteiger partial charge on any atom is 0.317 e. The van der Waals surface area contributed by atoms with Crippen LogP contribution in [0.2, 0.25) is 0 Å². The molecule has 11 heteroatoms. The number of aromatic nitrogens is 3. The molecule has 0 atom stereocenters. The number of rotatable bonds is 9. The predicted octanol–water partition coefficient (Wildman–Crippen LogP) is 2.35. The molecule has 1 aliphatic rings. The van der Waals surface area contributed by atoms with Gasteiger partial charge in [-0.25, -0.2) is 9.78 Å². The van der Waals surface area contributed by atoms with Crippen LogP contribution in [0.4, 0.5) is 22.1 Å². The molecule has 3 amide bonds. The van der Waals surface area contributed by atoms with Crippen molar-refractivity contribution in [1.29, 1.82) is 0 Å². The van der Waals surface area contributed by atoms with Gasteiger partial charge < -0.3 is 25.5 Å². The van der Waals surface area contributed by atoms with Crippen LogP contribution in [0.15, 0.2) is 48.8 Å². The minimum atomic E-state index is -0.131. The van der Waals surface area contributed by atoms with Gasteiger partial charge in [0.15, 0.2) is 5.82 Å². The van der Waals surface area contributed by atoms with E-state index < -0.39 is 0 Å². The van der Waals surface area contributed by atoms with Crippen LogP contribution in [-0.2, 0) is 13.6 Å². The molecule has 0 saturated carbocycles. The fourth-order valence-corrected chi connectivity index (χ4v) is 4.53. The Balaban J connectivity index is 1.41. The molecular weight excluding hydrogens is 484 g/mol. The summed E-state index contributed by atoms with van der Waals surface area (Å²) in [6.45, 7) is 8.28. The zero-order valence-corrected chi connectivity index (χ0v) is 22.2. The summed E-state index contributed by atoms with van der Waals surface area (Å²) in [5, 5.41) is 19.5. The molecule has 1 saturated heterocycles. The van der Waals surface area contributed by atoms with Crippen molar-refractivity contribution in [1.82, 2.24) is 29.9 Å². The molecular formula is C27H36N8O3. The molecule has 0 bridgehead atoms. The molecule has 3 N–H and O–H groups in total. The Kier molecular flexibility index (Phi) is 8.93. The second kappa shape index (κ2) is 12.5. The van der Waals surface area contributed by atoms with E-state index in [1.165, 1.54) is 0 Å². The number of anilines is 3. The van der Waals surface area contributed by atoms with Crippen LogP contribution in [0.5, 0.6) is 0 Å². The Hall–Kier alpha value is -3.96. The summed E-state index contributed by atoms with van der Waals surface area (Å²) >= 11 is 0. The normalized spacial score (nSPS) is 13.8. The molecule has 202 valence electrons. The molecule has 1 aliphatic heterocycles. The van der Waals surface area contributed by atoms with Gasteiger partial charge in [0.05, 0.1) is 18.5 Å². The Morgan fingerprint density at radius 2 is 1.89 bits per heavy atom. The SMILES string of the molecule is CCN(C(=O)c1ccc(CNC(=O)N2CCN(CCO)CC2)c(C)c1)c1cccnc1Nc1ccnn1C. The summed E-state index contributed by atoms with van der Waals surface area (Å²) in [5.41, 5.74) is 3.13. The fraction of sp³-hybridized carbons (Fsp3) is 0.407. The molecule has 3 heterocycles. The number of urea groups is 1. The number of piperazine rings is 1. The number of benzene rings is 1. The van der Waals surface area contributed by atoms with E-state index in [-0.39, 0.29) is 18.5 Å². The summed E-state index contributed by atoms with van der Waals surface area (Å²) in [4.78, 5) is 36.3. The molecule has 38 heavy (non-hydrogen) atoms. The highest BCUT2D eigenvalue weighted by Crippen LogP contribution is 2.28. The van der Waals surface area contributed by atoms with Crippen molar-refractivity contribution in [3.8, 4) is 0 Å². The summed E-state index contributed by atoms with van der Waals surface area (Å²) in [6, 6.07) is 11.0. The van der Waals surface area contributed by atoms with Crippen molar-refractivity contribution < 1.29 is 14.7 Å². The highest BCUT2D eigenvalue weighted by Gasteiger charge is 2.22. The molecule has 0 unspecified atom stereocenters. The highest BCUT2D eigenvalue weighted by molar-refractivity contribution is 6.07. The number of aliphatic hydroxyl groups is 1. The summed E-state index contributed by atoms with van der Waals surface area (Å²) in [5.74, 6) is 1.20. The van der Waals surface area contributed by atoms with Crippen LogP contribution in [0.25, 0.3) is 0 Å². The molecule has 2 aromatic heterocycles. The third-order valence-electron chi connectivity index (χ3n) is 6.80. The number of carbonyl (C=O) groups is 2. The van der Waals surface area contributed by atoms with Gasteiger partial charge in [-0.3, -0.25) is 14.4 Å². The molecule has 0 spiro atoms. The van der Waals surface area contributed by atoms with E-state index in [0.717, 1.165) is 30.0 Å². The third kappa shape index (κ3) is 6.29. The number of hydrogen-bond acceptors (Lipinski definition) is 7. The summed E-state index contributed by atoms with van der Waals surface area (Å²) in [7, 11) is 1.83. The smallest absolute Gasteiger partial charge is 0.317 e. The van der Waals surface area contributed by atoms with Crippen molar-refractivity contribution in [2.75, 3.05) is 56.1 Å². The lowest BCUT2D eigenvalue weighted by atomic mass is 10.0. The minimum absolute atomic E-state index is 0.101. The van der Waals surface area contributed by atoms with Gasteiger partial charge in [-0.1, -0.05) is 6.07 Å². The van der Waals surface area contributed by atoms with Crippen LogP contribution >= 0.6 is 0 Å². The van der Waals surface area contributed by atoms with Gasteiger partial charge >= 0.3 is 6.03 Å². The second-order valence-corrected chi connectivity index (χ2v) is 9.24. The number of carbonyl (C=O) groups excluding carboxylic acids is 2.